The van der Waals surface area contributed by atoms with E-state index in [-0.39, 0.29) is 15.6 Å². The van der Waals surface area contributed by atoms with E-state index >= 15 is 0 Å². The Balaban J connectivity index is 1.67. The number of ether oxygens (including phenoxy) is 2. The molecule has 30 heavy (non-hydrogen) atoms. The van der Waals surface area contributed by atoms with Crippen molar-refractivity contribution >= 4 is 41.0 Å². The third-order valence-corrected chi connectivity index (χ3v) is 5.13. The van der Waals surface area contributed by atoms with E-state index in [1.807, 2.05) is 0 Å². The zero-order valence-electron chi connectivity index (χ0n) is 15.5. The Morgan fingerprint density at radius 3 is 2.27 bits per heavy atom. The van der Waals surface area contributed by atoms with Crippen molar-refractivity contribution in [3.8, 4) is 0 Å². The Hall–Kier alpha value is -2.72. The molecule has 1 aliphatic rings. The Bertz CT molecular complexity index is 1000. The molecule has 3 rings (SSSR count). The predicted octanol–water partition coefficient (Wildman–Crippen LogP) is 5.04. The Morgan fingerprint density at radius 1 is 1.13 bits per heavy atom. The molecule has 2 aromatic rings. The van der Waals surface area contributed by atoms with Gasteiger partial charge in [-0.1, -0.05) is 23.4 Å². The molecule has 0 aliphatic carbocycles. The van der Waals surface area contributed by atoms with Crippen LogP contribution in [-0.2, 0) is 25.2 Å². The van der Waals surface area contributed by atoms with Crippen molar-refractivity contribution in [2.75, 3.05) is 5.32 Å². The molecule has 0 spiro atoms. The zero-order chi connectivity index (χ0) is 22.1. The molecule has 0 atom stereocenters. The van der Waals surface area contributed by atoms with Crippen LogP contribution in [0, 0.1) is 0 Å². The number of benzene rings is 1. The van der Waals surface area contributed by atoms with Crippen LogP contribution in [0.5, 0.6) is 0 Å². The lowest BCUT2D eigenvalue weighted by Crippen LogP contribution is -2.42. The lowest BCUT2D eigenvalue weighted by atomic mass is 10.2. The molecule has 0 saturated carbocycles. The van der Waals surface area contributed by atoms with E-state index < -0.39 is 29.5 Å². The Kier molecular flexibility index (Phi) is 6.00. The maximum absolute atomic E-state index is 12.7. The first-order valence-corrected chi connectivity index (χ1v) is 9.58. The minimum Gasteiger partial charge on any atom is -0.419 e. The number of carbonyl (C=O) groups is 2. The number of hydrogen-bond acceptors (Lipinski definition) is 7. The normalized spacial score (nSPS) is 16.0. The first kappa shape index (κ1) is 22.0. The van der Waals surface area contributed by atoms with E-state index in [9.17, 15) is 22.8 Å². The summed E-state index contributed by atoms with van der Waals surface area (Å²) in [6.45, 7) is 2.89. The van der Waals surface area contributed by atoms with Crippen molar-refractivity contribution in [2.24, 2.45) is 0 Å². The van der Waals surface area contributed by atoms with Gasteiger partial charge in [0.15, 0.2) is 5.57 Å². The van der Waals surface area contributed by atoms with Crippen LogP contribution in [0.2, 0.25) is 5.02 Å². The summed E-state index contributed by atoms with van der Waals surface area (Å²) in [5.74, 6) is -2.93. The second-order valence-corrected chi connectivity index (χ2v) is 7.99. The third kappa shape index (κ3) is 5.25. The number of hydrogen-bond donors (Lipinski definition) is 1. The lowest BCUT2D eigenvalue weighted by Gasteiger charge is -2.29. The molecule has 1 aromatic heterocycles. The van der Waals surface area contributed by atoms with Crippen LogP contribution in [-0.4, -0.2) is 22.7 Å². The fourth-order valence-corrected chi connectivity index (χ4v) is 3.36. The fourth-order valence-electron chi connectivity index (χ4n) is 2.32. The summed E-state index contributed by atoms with van der Waals surface area (Å²) in [6.07, 6.45) is -2.62. The molecule has 0 unspecified atom stereocenters. The molecule has 158 valence electrons. The van der Waals surface area contributed by atoms with Gasteiger partial charge in [-0.05, 0) is 30.3 Å². The van der Waals surface area contributed by atoms with Gasteiger partial charge >= 0.3 is 18.1 Å². The molecular formula is C19H14ClF3N2O4S. The number of carbonyl (C=O) groups excluding carboxylic acids is 2. The standard InChI is InChI=1S/C19H14ClF3N2O4S/c1-18(2)28-16(26)13(17(27)29-18)9-24-11-3-5-12(6-4-11)30-15-14(20)7-10(8-25-15)19(21,22)23/h3-9,24H,1-2H3. The fraction of sp³-hybridized carbons (Fsp3) is 0.211. The quantitative estimate of drug-likeness (QED) is 0.391. The third-order valence-electron chi connectivity index (χ3n) is 3.70. The number of halogens is 4. The number of alkyl halides is 3. The number of aromatic nitrogens is 1. The molecule has 0 bridgehead atoms. The van der Waals surface area contributed by atoms with E-state index in [1.54, 1.807) is 24.3 Å². The van der Waals surface area contributed by atoms with E-state index in [0.29, 0.717) is 10.6 Å². The van der Waals surface area contributed by atoms with Crippen molar-refractivity contribution in [3.05, 3.63) is 58.9 Å². The number of cyclic esters (lactones) is 2. The SMILES string of the molecule is CC1(C)OC(=O)C(=CNc2ccc(Sc3ncc(C(F)(F)F)cc3Cl)cc2)C(=O)O1. The zero-order valence-corrected chi connectivity index (χ0v) is 17.1. The molecule has 6 nitrogen and oxygen atoms in total. The van der Waals surface area contributed by atoms with Gasteiger partial charge in [-0.25, -0.2) is 14.6 Å². The highest BCUT2D eigenvalue weighted by Crippen LogP contribution is 2.36. The summed E-state index contributed by atoms with van der Waals surface area (Å²) in [4.78, 5) is 28.2. The van der Waals surface area contributed by atoms with Crippen LogP contribution in [0.1, 0.15) is 19.4 Å². The highest BCUT2D eigenvalue weighted by atomic mass is 35.5. The van der Waals surface area contributed by atoms with Crippen LogP contribution in [0.15, 0.2) is 58.2 Å². The number of nitrogens with zero attached hydrogens (tertiary/aromatic N) is 1. The second-order valence-electron chi connectivity index (χ2n) is 6.52. The van der Waals surface area contributed by atoms with Crippen LogP contribution in [0.25, 0.3) is 0 Å². The summed E-state index contributed by atoms with van der Waals surface area (Å²) in [5, 5.41) is 2.90. The monoisotopic (exact) mass is 458 g/mol. The molecule has 1 aromatic carbocycles. The molecule has 1 N–H and O–H groups in total. The summed E-state index contributed by atoms with van der Waals surface area (Å²) in [7, 11) is 0. The number of pyridine rings is 1. The maximum atomic E-state index is 12.7. The molecule has 0 amide bonds. The van der Waals surface area contributed by atoms with Gasteiger partial charge in [-0.3, -0.25) is 0 Å². The van der Waals surface area contributed by atoms with Crippen molar-refractivity contribution in [3.63, 3.8) is 0 Å². The van der Waals surface area contributed by atoms with Crippen LogP contribution < -0.4 is 5.32 Å². The summed E-state index contributed by atoms with van der Waals surface area (Å²) in [6, 6.07) is 7.44. The molecule has 1 aliphatic heterocycles. The van der Waals surface area contributed by atoms with Gasteiger partial charge in [0.25, 0.3) is 5.79 Å². The first-order chi connectivity index (χ1) is 13.9. The summed E-state index contributed by atoms with van der Waals surface area (Å²) >= 11 is 7.00. The molecule has 11 heteroatoms. The van der Waals surface area contributed by atoms with Gasteiger partial charge in [-0.15, -0.1) is 0 Å². The van der Waals surface area contributed by atoms with Gasteiger partial charge in [0.05, 0.1) is 10.6 Å². The molecule has 0 radical (unpaired) electrons. The number of anilines is 1. The van der Waals surface area contributed by atoms with Crippen molar-refractivity contribution in [1.29, 1.82) is 0 Å². The van der Waals surface area contributed by atoms with Crippen molar-refractivity contribution in [1.82, 2.24) is 4.98 Å². The number of esters is 2. The minimum absolute atomic E-state index is 0.112. The predicted molar refractivity (Wildman–Crippen MR) is 103 cm³/mol. The van der Waals surface area contributed by atoms with Crippen molar-refractivity contribution < 1.29 is 32.2 Å². The van der Waals surface area contributed by atoms with Gasteiger partial charge in [0.1, 0.15) is 5.03 Å². The smallest absolute Gasteiger partial charge is 0.417 e. The topological polar surface area (TPSA) is 77.5 Å². The average molecular weight is 459 g/mol. The van der Waals surface area contributed by atoms with Gasteiger partial charge < -0.3 is 14.8 Å². The van der Waals surface area contributed by atoms with Gasteiger partial charge in [0.2, 0.25) is 0 Å². The van der Waals surface area contributed by atoms with Crippen LogP contribution in [0.3, 0.4) is 0 Å². The second kappa shape index (κ2) is 8.19. The van der Waals surface area contributed by atoms with E-state index in [4.69, 9.17) is 21.1 Å². The minimum atomic E-state index is -4.52. The Morgan fingerprint density at radius 2 is 1.73 bits per heavy atom. The van der Waals surface area contributed by atoms with E-state index in [2.05, 4.69) is 10.3 Å². The highest BCUT2D eigenvalue weighted by molar-refractivity contribution is 7.99. The van der Waals surface area contributed by atoms with Crippen LogP contribution in [0.4, 0.5) is 18.9 Å². The number of nitrogens with one attached hydrogen (secondary N) is 1. The average Bonchev–Trinajstić information content (AvgIpc) is 2.62. The summed E-state index contributed by atoms with van der Waals surface area (Å²) in [5.41, 5.74) is -0.662. The molecule has 2 heterocycles. The maximum Gasteiger partial charge on any atom is 0.417 e. The summed E-state index contributed by atoms with van der Waals surface area (Å²) < 4.78 is 48.0. The van der Waals surface area contributed by atoms with E-state index in [1.165, 1.54) is 20.0 Å². The van der Waals surface area contributed by atoms with E-state index in [0.717, 1.165) is 24.0 Å². The lowest BCUT2D eigenvalue weighted by molar-refractivity contribution is -0.222. The Labute approximate surface area is 178 Å². The highest BCUT2D eigenvalue weighted by Gasteiger charge is 2.39. The number of rotatable bonds is 4. The largest absolute Gasteiger partial charge is 0.419 e. The molecular weight excluding hydrogens is 445 g/mol. The first-order valence-electron chi connectivity index (χ1n) is 8.39. The molecule has 1 fully saturated rings. The van der Waals surface area contributed by atoms with Gasteiger partial charge in [-0.2, -0.15) is 13.2 Å². The molecule has 1 saturated heterocycles. The van der Waals surface area contributed by atoms with Gasteiger partial charge in [0, 0.05) is 36.8 Å². The van der Waals surface area contributed by atoms with Crippen molar-refractivity contribution in [2.45, 2.75) is 35.7 Å². The van der Waals surface area contributed by atoms with Crippen LogP contribution >= 0.6 is 23.4 Å².